The molecule has 0 saturated heterocycles. The summed E-state index contributed by atoms with van der Waals surface area (Å²) >= 11 is 3.52. The highest BCUT2D eigenvalue weighted by molar-refractivity contribution is 9.10. The van der Waals surface area contributed by atoms with Gasteiger partial charge < -0.3 is 9.84 Å². The Bertz CT molecular complexity index is 359. The first-order valence-corrected chi connectivity index (χ1v) is 5.77. The van der Waals surface area contributed by atoms with Crippen molar-refractivity contribution < 1.29 is 9.84 Å². The van der Waals surface area contributed by atoms with Gasteiger partial charge in [-0.2, -0.15) is 0 Å². The number of halogens is 1. The predicted octanol–water partition coefficient (Wildman–Crippen LogP) is 3.00. The van der Waals surface area contributed by atoms with Crippen molar-refractivity contribution in [1.82, 2.24) is 0 Å². The lowest BCUT2D eigenvalue weighted by molar-refractivity contribution is 0.195. The molecule has 0 fully saturated rings. The molecule has 0 aromatic heterocycles. The standard InChI is InChI=1S/C12H17BrO2/c1-7-5-11(13)10(6-8(2)14)9(3)12(7)15-4/h5,8,14H,6H2,1-4H3. The Labute approximate surface area is 99.4 Å². The third kappa shape index (κ3) is 2.73. The van der Waals surface area contributed by atoms with Gasteiger partial charge in [0.1, 0.15) is 5.75 Å². The molecule has 15 heavy (non-hydrogen) atoms. The Hall–Kier alpha value is -0.540. The number of methoxy groups -OCH3 is 1. The van der Waals surface area contributed by atoms with E-state index in [1.165, 1.54) is 0 Å². The van der Waals surface area contributed by atoms with E-state index >= 15 is 0 Å². The molecule has 1 unspecified atom stereocenters. The van der Waals surface area contributed by atoms with Gasteiger partial charge in [-0.25, -0.2) is 0 Å². The molecule has 0 bridgehead atoms. The van der Waals surface area contributed by atoms with E-state index in [1.807, 2.05) is 19.9 Å². The lowest BCUT2D eigenvalue weighted by Gasteiger charge is -2.16. The van der Waals surface area contributed by atoms with Gasteiger partial charge in [0.25, 0.3) is 0 Å². The van der Waals surface area contributed by atoms with Crippen molar-refractivity contribution in [2.24, 2.45) is 0 Å². The zero-order chi connectivity index (χ0) is 11.6. The molecular weight excluding hydrogens is 256 g/mol. The number of rotatable bonds is 3. The second kappa shape index (κ2) is 4.99. The highest BCUT2D eigenvalue weighted by Crippen LogP contribution is 2.32. The van der Waals surface area contributed by atoms with E-state index in [9.17, 15) is 5.11 Å². The summed E-state index contributed by atoms with van der Waals surface area (Å²) in [6.45, 7) is 5.83. The maximum Gasteiger partial charge on any atom is 0.125 e. The number of aryl methyl sites for hydroxylation is 1. The van der Waals surface area contributed by atoms with E-state index in [4.69, 9.17) is 4.74 Å². The van der Waals surface area contributed by atoms with E-state index in [-0.39, 0.29) is 6.10 Å². The van der Waals surface area contributed by atoms with Crippen LogP contribution >= 0.6 is 15.9 Å². The van der Waals surface area contributed by atoms with E-state index in [0.29, 0.717) is 6.42 Å². The van der Waals surface area contributed by atoms with Crippen molar-refractivity contribution in [3.63, 3.8) is 0 Å². The fourth-order valence-corrected chi connectivity index (χ4v) is 2.62. The van der Waals surface area contributed by atoms with E-state index in [1.54, 1.807) is 14.0 Å². The van der Waals surface area contributed by atoms with Gasteiger partial charge >= 0.3 is 0 Å². The molecule has 0 saturated carbocycles. The van der Waals surface area contributed by atoms with Crippen molar-refractivity contribution in [2.45, 2.75) is 33.3 Å². The van der Waals surface area contributed by atoms with Crippen LogP contribution in [-0.4, -0.2) is 18.3 Å². The summed E-state index contributed by atoms with van der Waals surface area (Å²) in [7, 11) is 1.68. The molecule has 1 rings (SSSR count). The number of ether oxygens (including phenoxy) is 1. The number of aliphatic hydroxyl groups is 1. The Kier molecular flexibility index (Phi) is 4.17. The van der Waals surface area contributed by atoms with Gasteiger partial charge in [-0.05, 0) is 49.9 Å². The Morgan fingerprint density at radius 3 is 2.53 bits per heavy atom. The van der Waals surface area contributed by atoms with Crippen LogP contribution in [0.15, 0.2) is 10.5 Å². The molecular formula is C12H17BrO2. The zero-order valence-corrected chi connectivity index (χ0v) is 11.2. The minimum Gasteiger partial charge on any atom is -0.496 e. The average Bonchev–Trinajstić information content (AvgIpc) is 2.12. The van der Waals surface area contributed by atoms with Gasteiger partial charge in [-0.15, -0.1) is 0 Å². The van der Waals surface area contributed by atoms with Crippen molar-refractivity contribution in [1.29, 1.82) is 0 Å². The van der Waals surface area contributed by atoms with Crippen LogP contribution in [0.5, 0.6) is 5.75 Å². The summed E-state index contributed by atoms with van der Waals surface area (Å²) in [5, 5.41) is 9.43. The lowest BCUT2D eigenvalue weighted by Crippen LogP contribution is -2.08. The van der Waals surface area contributed by atoms with E-state index < -0.39 is 0 Å². The Morgan fingerprint density at radius 1 is 1.47 bits per heavy atom. The number of benzene rings is 1. The maximum absolute atomic E-state index is 9.43. The van der Waals surface area contributed by atoms with Crippen LogP contribution in [-0.2, 0) is 6.42 Å². The molecule has 0 aliphatic heterocycles. The van der Waals surface area contributed by atoms with Crippen LogP contribution in [0.25, 0.3) is 0 Å². The van der Waals surface area contributed by atoms with Crippen LogP contribution in [0.3, 0.4) is 0 Å². The lowest BCUT2D eigenvalue weighted by atomic mass is 9.99. The molecule has 1 aromatic rings. The molecule has 0 radical (unpaired) electrons. The van der Waals surface area contributed by atoms with Crippen LogP contribution < -0.4 is 4.74 Å². The summed E-state index contributed by atoms with van der Waals surface area (Å²) in [5.74, 6) is 0.911. The monoisotopic (exact) mass is 272 g/mol. The van der Waals surface area contributed by atoms with Crippen LogP contribution in [0.2, 0.25) is 0 Å². The normalized spacial score (nSPS) is 12.7. The van der Waals surface area contributed by atoms with Crippen molar-refractivity contribution in [2.75, 3.05) is 7.11 Å². The second-order valence-corrected chi connectivity index (χ2v) is 4.72. The molecule has 0 amide bonds. The number of aliphatic hydroxyl groups excluding tert-OH is 1. The first-order valence-electron chi connectivity index (χ1n) is 4.98. The molecule has 0 aliphatic rings. The van der Waals surface area contributed by atoms with Crippen LogP contribution in [0, 0.1) is 13.8 Å². The van der Waals surface area contributed by atoms with Crippen molar-refractivity contribution >= 4 is 15.9 Å². The molecule has 0 aliphatic carbocycles. The fourth-order valence-electron chi connectivity index (χ4n) is 1.81. The number of hydrogen-bond donors (Lipinski definition) is 1. The minimum absolute atomic E-state index is 0.340. The summed E-state index contributed by atoms with van der Waals surface area (Å²) in [6.07, 6.45) is 0.302. The topological polar surface area (TPSA) is 29.5 Å². The molecule has 3 heteroatoms. The second-order valence-electron chi connectivity index (χ2n) is 3.87. The molecule has 0 heterocycles. The third-order valence-corrected chi connectivity index (χ3v) is 3.19. The van der Waals surface area contributed by atoms with Gasteiger partial charge in [-0.1, -0.05) is 15.9 Å². The zero-order valence-electron chi connectivity index (χ0n) is 9.60. The Morgan fingerprint density at radius 2 is 2.07 bits per heavy atom. The molecule has 0 spiro atoms. The predicted molar refractivity (Wildman–Crippen MR) is 65.6 cm³/mol. The largest absolute Gasteiger partial charge is 0.496 e. The van der Waals surface area contributed by atoms with Crippen molar-refractivity contribution in [3.8, 4) is 5.75 Å². The average molecular weight is 273 g/mol. The summed E-state index contributed by atoms with van der Waals surface area (Å²) in [5.41, 5.74) is 3.33. The minimum atomic E-state index is -0.340. The summed E-state index contributed by atoms with van der Waals surface area (Å²) in [4.78, 5) is 0. The SMILES string of the molecule is COc1c(C)cc(Br)c(CC(C)O)c1C. The fraction of sp³-hybridized carbons (Fsp3) is 0.500. The highest BCUT2D eigenvalue weighted by atomic mass is 79.9. The van der Waals surface area contributed by atoms with Gasteiger partial charge in [0.15, 0.2) is 0 Å². The smallest absolute Gasteiger partial charge is 0.125 e. The van der Waals surface area contributed by atoms with Crippen LogP contribution in [0.1, 0.15) is 23.6 Å². The van der Waals surface area contributed by atoms with Gasteiger partial charge in [0.05, 0.1) is 13.2 Å². The molecule has 2 nitrogen and oxygen atoms in total. The van der Waals surface area contributed by atoms with Gasteiger partial charge in [0, 0.05) is 4.47 Å². The summed E-state index contributed by atoms with van der Waals surface area (Å²) in [6, 6.07) is 2.03. The highest BCUT2D eigenvalue weighted by Gasteiger charge is 2.13. The van der Waals surface area contributed by atoms with Gasteiger partial charge in [-0.3, -0.25) is 0 Å². The van der Waals surface area contributed by atoms with E-state index in [2.05, 4.69) is 15.9 Å². The first kappa shape index (κ1) is 12.5. The van der Waals surface area contributed by atoms with Gasteiger partial charge in [0.2, 0.25) is 0 Å². The Balaban J connectivity index is 3.26. The molecule has 1 N–H and O–H groups in total. The quantitative estimate of drug-likeness (QED) is 0.917. The third-order valence-electron chi connectivity index (χ3n) is 2.49. The van der Waals surface area contributed by atoms with E-state index in [0.717, 1.165) is 26.9 Å². The molecule has 1 atom stereocenters. The van der Waals surface area contributed by atoms with Crippen LogP contribution in [0.4, 0.5) is 0 Å². The molecule has 1 aromatic carbocycles. The molecule has 84 valence electrons. The van der Waals surface area contributed by atoms with Crippen molar-refractivity contribution in [3.05, 3.63) is 27.2 Å². The summed E-state index contributed by atoms with van der Waals surface area (Å²) < 4.78 is 6.39. The number of hydrogen-bond acceptors (Lipinski definition) is 2. The first-order chi connectivity index (χ1) is 6.97. The maximum atomic E-state index is 9.43.